The van der Waals surface area contributed by atoms with Crippen LogP contribution in [0, 0.1) is 13.8 Å². The van der Waals surface area contributed by atoms with Crippen molar-refractivity contribution in [2.45, 2.75) is 27.1 Å². The number of aryl methyl sites for hydroxylation is 2. The van der Waals surface area contributed by atoms with Gasteiger partial charge in [0.05, 0.1) is 13.2 Å². The summed E-state index contributed by atoms with van der Waals surface area (Å²) in [5.41, 5.74) is 1.92. The second-order valence-electron chi connectivity index (χ2n) is 3.77. The molecule has 0 amide bonds. The zero-order chi connectivity index (χ0) is 12.1. The second kappa shape index (κ2) is 5.45. The fraction of sp³-hybridized carbons (Fsp3) is 0.333. The summed E-state index contributed by atoms with van der Waals surface area (Å²) in [5.74, 6) is 1.53. The SMILES string of the molecule is Cc1ncc(COCc2cnc(C)nc2)cn1. The molecule has 2 aromatic heterocycles. The predicted octanol–water partition coefficient (Wildman–Crippen LogP) is 1.60. The molecule has 2 aromatic rings. The van der Waals surface area contributed by atoms with Crippen LogP contribution >= 0.6 is 0 Å². The maximum Gasteiger partial charge on any atom is 0.125 e. The molecule has 0 radical (unpaired) electrons. The van der Waals surface area contributed by atoms with Crippen LogP contribution in [0.5, 0.6) is 0 Å². The van der Waals surface area contributed by atoms with Crippen LogP contribution < -0.4 is 0 Å². The highest BCUT2D eigenvalue weighted by molar-refractivity contribution is 5.05. The molecular formula is C12H14N4O. The standard InChI is InChI=1S/C12H14N4O/c1-9-13-3-11(4-14-9)7-17-8-12-5-15-10(2)16-6-12/h3-6H,7-8H2,1-2H3. The molecule has 0 atom stereocenters. The van der Waals surface area contributed by atoms with Crippen LogP contribution in [0.1, 0.15) is 22.8 Å². The van der Waals surface area contributed by atoms with Gasteiger partial charge in [-0.2, -0.15) is 0 Å². The third-order valence-corrected chi connectivity index (χ3v) is 2.21. The highest BCUT2D eigenvalue weighted by Gasteiger charge is 1.97. The third kappa shape index (κ3) is 3.57. The van der Waals surface area contributed by atoms with Gasteiger partial charge in [0.1, 0.15) is 11.6 Å². The molecule has 17 heavy (non-hydrogen) atoms. The molecule has 0 fully saturated rings. The molecule has 0 aliphatic heterocycles. The van der Waals surface area contributed by atoms with Crippen LogP contribution in [-0.4, -0.2) is 19.9 Å². The van der Waals surface area contributed by atoms with E-state index in [1.54, 1.807) is 24.8 Å². The first-order valence-corrected chi connectivity index (χ1v) is 5.37. The molecule has 0 N–H and O–H groups in total. The Kier molecular flexibility index (Phi) is 3.72. The summed E-state index contributed by atoms with van der Waals surface area (Å²) in [4.78, 5) is 16.4. The van der Waals surface area contributed by atoms with Crippen molar-refractivity contribution in [1.82, 2.24) is 19.9 Å². The first-order valence-electron chi connectivity index (χ1n) is 5.37. The number of aromatic nitrogens is 4. The monoisotopic (exact) mass is 230 g/mol. The molecule has 0 aliphatic rings. The Morgan fingerprint density at radius 3 is 1.47 bits per heavy atom. The summed E-state index contributed by atoms with van der Waals surface area (Å²) in [6, 6.07) is 0. The first kappa shape index (κ1) is 11.6. The van der Waals surface area contributed by atoms with E-state index in [-0.39, 0.29) is 0 Å². The van der Waals surface area contributed by atoms with Crippen LogP contribution in [0.4, 0.5) is 0 Å². The summed E-state index contributed by atoms with van der Waals surface area (Å²) < 4.78 is 5.53. The molecule has 0 unspecified atom stereocenters. The first-order chi connectivity index (χ1) is 8.24. The Balaban J connectivity index is 1.83. The molecule has 0 bridgehead atoms. The van der Waals surface area contributed by atoms with E-state index in [0.717, 1.165) is 22.8 Å². The van der Waals surface area contributed by atoms with Gasteiger partial charge in [0.2, 0.25) is 0 Å². The predicted molar refractivity (Wildman–Crippen MR) is 62.0 cm³/mol. The van der Waals surface area contributed by atoms with E-state index in [1.807, 2.05) is 13.8 Å². The highest BCUT2D eigenvalue weighted by Crippen LogP contribution is 2.03. The lowest BCUT2D eigenvalue weighted by atomic mass is 10.3. The van der Waals surface area contributed by atoms with E-state index in [4.69, 9.17) is 4.74 Å². The lowest BCUT2D eigenvalue weighted by Crippen LogP contribution is -1.98. The Labute approximate surface area is 99.9 Å². The van der Waals surface area contributed by atoms with Crippen molar-refractivity contribution in [3.05, 3.63) is 47.6 Å². The number of nitrogens with zero attached hydrogens (tertiary/aromatic N) is 4. The molecule has 0 aliphatic carbocycles. The summed E-state index contributed by atoms with van der Waals surface area (Å²) in [6.07, 6.45) is 7.09. The highest BCUT2D eigenvalue weighted by atomic mass is 16.5. The summed E-state index contributed by atoms with van der Waals surface area (Å²) in [6.45, 7) is 4.70. The Morgan fingerprint density at radius 1 is 0.765 bits per heavy atom. The van der Waals surface area contributed by atoms with Crippen molar-refractivity contribution in [2.75, 3.05) is 0 Å². The molecule has 0 saturated heterocycles. The smallest absolute Gasteiger partial charge is 0.125 e. The Bertz CT molecular complexity index is 421. The molecule has 0 aromatic carbocycles. The minimum Gasteiger partial charge on any atom is -0.372 e. The molecule has 88 valence electrons. The van der Waals surface area contributed by atoms with E-state index >= 15 is 0 Å². The van der Waals surface area contributed by atoms with Crippen molar-refractivity contribution in [1.29, 1.82) is 0 Å². The van der Waals surface area contributed by atoms with E-state index in [9.17, 15) is 0 Å². The van der Waals surface area contributed by atoms with Gasteiger partial charge in [-0.25, -0.2) is 19.9 Å². The zero-order valence-corrected chi connectivity index (χ0v) is 9.92. The van der Waals surface area contributed by atoms with Crippen molar-refractivity contribution < 1.29 is 4.74 Å². The van der Waals surface area contributed by atoms with Crippen molar-refractivity contribution in [3.63, 3.8) is 0 Å². The van der Waals surface area contributed by atoms with E-state index in [0.29, 0.717) is 13.2 Å². The van der Waals surface area contributed by atoms with Gasteiger partial charge >= 0.3 is 0 Å². The van der Waals surface area contributed by atoms with Gasteiger partial charge in [0, 0.05) is 35.9 Å². The lowest BCUT2D eigenvalue weighted by molar-refractivity contribution is 0.106. The van der Waals surface area contributed by atoms with Gasteiger partial charge in [-0.05, 0) is 13.8 Å². The molecule has 2 rings (SSSR count). The topological polar surface area (TPSA) is 60.8 Å². The number of rotatable bonds is 4. The van der Waals surface area contributed by atoms with Crippen LogP contribution in [0.15, 0.2) is 24.8 Å². The minimum atomic E-state index is 0.494. The van der Waals surface area contributed by atoms with Crippen molar-refractivity contribution in [3.8, 4) is 0 Å². The van der Waals surface area contributed by atoms with Crippen LogP contribution in [-0.2, 0) is 18.0 Å². The molecule has 5 nitrogen and oxygen atoms in total. The van der Waals surface area contributed by atoms with Gasteiger partial charge in [-0.1, -0.05) is 0 Å². The van der Waals surface area contributed by atoms with Gasteiger partial charge in [-0.15, -0.1) is 0 Å². The second-order valence-corrected chi connectivity index (χ2v) is 3.77. The molecule has 0 spiro atoms. The average molecular weight is 230 g/mol. The number of hydrogen-bond donors (Lipinski definition) is 0. The third-order valence-electron chi connectivity index (χ3n) is 2.21. The fourth-order valence-electron chi connectivity index (χ4n) is 1.27. The van der Waals surface area contributed by atoms with Crippen molar-refractivity contribution in [2.24, 2.45) is 0 Å². The van der Waals surface area contributed by atoms with Crippen molar-refractivity contribution >= 4 is 0 Å². The normalized spacial score (nSPS) is 10.5. The maximum absolute atomic E-state index is 5.53. The summed E-state index contributed by atoms with van der Waals surface area (Å²) in [7, 11) is 0. The average Bonchev–Trinajstić information content (AvgIpc) is 2.34. The Morgan fingerprint density at radius 2 is 1.12 bits per heavy atom. The summed E-state index contributed by atoms with van der Waals surface area (Å²) in [5, 5.41) is 0. The zero-order valence-electron chi connectivity index (χ0n) is 9.92. The van der Waals surface area contributed by atoms with Crippen LogP contribution in [0.2, 0.25) is 0 Å². The maximum atomic E-state index is 5.53. The number of ether oxygens (including phenoxy) is 1. The van der Waals surface area contributed by atoms with E-state index in [1.165, 1.54) is 0 Å². The molecular weight excluding hydrogens is 216 g/mol. The molecule has 0 saturated carbocycles. The summed E-state index contributed by atoms with van der Waals surface area (Å²) >= 11 is 0. The van der Waals surface area contributed by atoms with Gasteiger partial charge in [0.15, 0.2) is 0 Å². The van der Waals surface area contributed by atoms with Gasteiger partial charge in [-0.3, -0.25) is 0 Å². The quantitative estimate of drug-likeness (QED) is 0.798. The fourth-order valence-corrected chi connectivity index (χ4v) is 1.27. The van der Waals surface area contributed by atoms with Crippen LogP contribution in [0.25, 0.3) is 0 Å². The minimum absolute atomic E-state index is 0.494. The van der Waals surface area contributed by atoms with E-state index < -0.39 is 0 Å². The van der Waals surface area contributed by atoms with Crippen LogP contribution in [0.3, 0.4) is 0 Å². The van der Waals surface area contributed by atoms with Gasteiger partial charge in [0.25, 0.3) is 0 Å². The largest absolute Gasteiger partial charge is 0.372 e. The number of hydrogen-bond acceptors (Lipinski definition) is 5. The lowest BCUT2D eigenvalue weighted by Gasteiger charge is -2.03. The van der Waals surface area contributed by atoms with Gasteiger partial charge < -0.3 is 4.74 Å². The molecule has 5 heteroatoms. The Hall–Kier alpha value is -1.88. The van der Waals surface area contributed by atoms with E-state index in [2.05, 4.69) is 19.9 Å². The molecule has 2 heterocycles.